The van der Waals surface area contributed by atoms with E-state index >= 15 is 0 Å². The minimum Gasteiger partial charge on any atom is -0.494 e. The maximum absolute atomic E-state index is 13.6. The van der Waals surface area contributed by atoms with Crippen molar-refractivity contribution in [2.45, 2.75) is 25.2 Å². The van der Waals surface area contributed by atoms with Crippen LogP contribution in [0.1, 0.15) is 24.0 Å². The number of benzene rings is 2. The van der Waals surface area contributed by atoms with Gasteiger partial charge in [-0.25, -0.2) is 0 Å². The Morgan fingerprint density at radius 2 is 1.86 bits per heavy atom. The topological polar surface area (TPSA) is 60.5 Å². The molecule has 1 aromatic heterocycles. The van der Waals surface area contributed by atoms with E-state index in [0.717, 1.165) is 22.2 Å². The number of nitrogens with one attached hydrogen (secondary N) is 1. The summed E-state index contributed by atoms with van der Waals surface area (Å²) in [4.78, 5) is 18.0. The first-order valence-corrected chi connectivity index (χ1v) is 9.52. The van der Waals surface area contributed by atoms with Crippen molar-refractivity contribution >= 4 is 22.5 Å². The second kappa shape index (κ2) is 7.60. The molecule has 0 atom stereocenters. The van der Waals surface area contributed by atoms with Gasteiger partial charge in [-0.05, 0) is 49.6 Å². The fourth-order valence-corrected chi connectivity index (χ4v) is 3.90. The molecule has 5 heteroatoms. The number of aryl methyl sites for hydroxylation is 1. The fraction of sp³-hybridized carbons (Fsp3) is 0.304. The number of carbonyl (C=O) groups excluding carboxylic acids is 1. The van der Waals surface area contributed by atoms with Gasteiger partial charge >= 0.3 is 0 Å². The molecule has 2 heterocycles. The second-order valence-corrected chi connectivity index (χ2v) is 7.23. The number of methoxy groups -OCH3 is 1. The van der Waals surface area contributed by atoms with E-state index in [0.29, 0.717) is 31.8 Å². The van der Waals surface area contributed by atoms with Crippen LogP contribution in [0.2, 0.25) is 0 Å². The summed E-state index contributed by atoms with van der Waals surface area (Å²) >= 11 is 0. The zero-order chi connectivity index (χ0) is 19.6. The second-order valence-electron chi connectivity index (χ2n) is 7.23. The number of pyridine rings is 1. The van der Waals surface area contributed by atoms with Gasteiger partial charge < -0.3 is 14.8 Å². The Bertz CT molecular complexity index is 992. The Labute approximate surface area is 164 Å². The van der Waals surface area contributed by atoms with Crippen molar-refractivity contribution in [3.8, 4) is 5.75 Å². The molecule has 28 heavy (non-hydrogen) atoms. The normalized spacial score (nSPS) is 15.9. The molecule has 2 aromatic carbocycles. The summed E-state index contributed by atoms with van der Waals surface area (Å²) in [5, 5.41) is 4.03. The van der Waals surface area contributed by atoms with Crippen molar-refractivity contribution in [2.24, 2.45) is 0 Å². The molecule has 1 fully saturated rings. The van der Waals surface area contributed by atoms with Gasteiger partial charge in [0, 0.05) is 24.8 Å². The molecule has 1 saturated heterocycles. The SMILES string of the molecule is COc1ccc(NC(=O)C2(c3ccc(C)cc3)CCOCC2)c2cccnc12. The van der Waals surface area contributed by atoms with E-state index in [1.54, 1.807) is 13.3 Å². The van der Waals surface area contributed by atoms with Crippen LogP contribution in [0, 0.1) is 6.92 Å². The van der Waals surface area contributed by atoms with Crippen molar-refractivity contribution in [1.29, 1.82) is 0 Å². The number of rotatable bonds is 4. The lowest BCUT2D eigenvalue weighted by atomic mass is 9.73. The summed E-state index contributed by atoms with van der Waals surface area (Å²) in [5.74, 6) is 0.683. The van der Waals surface area contributed by atoms with Gasteiger partial charge in [0.1, 0.15) is 11.3 Å². The molecule has 144 valence electrons. The van der Waals surface area contributed by atoms with E-state index in [2.05, 4.69) is 41.5 Å². The van der Waals surface area contributed by atoms with Crippen LogP contribution in [-0.2, 0) is 14.9 Å². The van der Waals surface area contributed by atoms with Gasteiger partial charge in [0.25, 0.3) is 0 Å². The summed E-state index contributed by atoms with van der Waals surface area (Å²) in [6.45, 7) is 3.20. The number of anilines is 1. The Hall–Kier alpha value is -2.92. The van der Waals surface area contributed by atoms with E-state index in [9.17, 15) is 4.79 Å². The van der Waals surface area contributed by atoms with Crippen LogP contribution in [0.5, 0.6) is 5.75 Å². The molecule has 0 bridgehead atoms. The quantitative estimate of drug-likeness (QED) is 0.740. The summed E-state index contributed by atoms with van der Waals surface area (Å²) in [6.07, 6.45) is 3.05. The first-order chi connectivity index (χ1) is 13.6. The third-order valence-corrected chi connectivity index (χ3v) is 5.59. The summed E-state index contributed by atoms with van der Waals surface area (Å²) in [5.41, 5.74) is 3.10. The van der Waals surface area contributed by atoms with Gasteiger partial charge in [0.2, 0.25) is 5.91 Å². The molecular formula is C23H24N2O3. The Morgan fingerprint density at radius 3 is 2.57 bits per heavy atom. The number of hydrogen-bond acceptors (Lipinski definition) is 4. The average molecular weight is 376 g/mol. The van der Waals surface area contributed by atoms with E-state index < -0.39 is 5.41 Å². The molecule has 0 radical (unpaired) electrons. The van der Waals surface area contributed by atoms with E-state index in [1.165, 1.54) is 5.56 Å². The van der Waals surface area contributed by atoms with Crippen LogP contribution in [0.3, 0.4) is 0 Å². The lowest BCUT2D eigenvalue weighted by Crippen LogP contribution is -2.44. The lowest BCUT2D eigenvalue weighted by Gasteiger charge is -2.36. The lowest BCUT2D eigenvalue weighted by molar-refractivity contribution is -0.125. The molecule has 1 aliphatic rings. The van der Waals surface area contributed by atoms with Crippen molar-refractivity contribution in [3.63, 3.8) is 0 Å². The van der Waals surface area contributed by atoms with Crippen LogP contribution in [-0.4, -0.2) is 31.2 Å². The predicted molar refractivity (Wildman–Crippen MR) is 110 cm³/mol. The van der Waals surface area contributed by atoms with Gasteiger partial charge in [-0.2, -0.15) is 0 Å². The van der Waals surface area contributed by atoms with E-state index in [4.69, 9.17) is 9.47 Å². The maximum Gasteiger partial charge on any atom is 0.235 e. The molecule has 0 saturated carbocycles. The number of carbonyl (C=O) groups is 1. The van der Waals surface area contributed by atoms with Crippen LogP contribution in [0.15, 0.2) is 54.7 Å². The third kappa shape index (κ3) is 3.22. The number of hydrogen-bond donors (Lipinski definition) is 1. The first-order valence-electron chi connectivity index (χ1n) is 9.52. The highest BCUT2D eigenvalue weighted by atomic mass is 16.5. The van der Waals surface area contributed by atoms with Gasteiger partial charge in [-0.3, -0.25) is 9.78 Å². The summed E-state index contributed by atoms with van der Waals surface area (Å²) in [7, 11) is 1.62. The molecule has 4 rings (SSSR count). The summed E-state index contributed by atoms with van der Waals surface area (Å²) < 4.78 is 11.0. The Morgan fingerprint density at radius 1 is 1.11 bits per heavy atom. The molecule has 5 nitrogen and oxygen atoms in total. The zero-order valence-corrected chi connectivity index (χ0v) is 16.2. The van der Waals surface area contributed by atoms with Crippen molar-refractivity contribution in [1.82, 2.24) is 4.98 Å². The molecular weight excluding hydrogens is 352 g/mol. The van der Waals surface area contributed by atoms with Crippen LogP contribution in [0.25, 0.3) is 10.9 Å². The van der Waals surface area contributed by atoms with Crippen molar-refractivity contribution in [2.75, 3.05) is 25.6 Å². The smallest absolute Gasteiger partial charge is 0.235 e. The average Bonchev–Trinajstić information content (AvgIpc) is 2.75. The monoisotopic (exact) mass is 376 g/mol. The molecule has 1 N–H and O–H groups in total. The van der Waals surface area contributed by atoms with Gasteiger partial charge in [0.15, 0.2) is 0 Å². The molecule has 0 spiro atoms. The number of aromatic nitrogens is 1. The van der Waals surface area contributed by atoms with Crippen LogP contribution in [0.4, 0.5) is 5.69 Å². The fourth-order valence-electron chi connectivity index (χ4n) is 3.90. The number of nitrogens with zero attached hydrogens (tertiary/aromatic N) is 1. The maximum atomic E-state index is 13.6. The predicted octanol–water partition coefficient (Wildman–Crippen LogP) is 4.24. The van der Waals surface area contributed by atoms with Crippen LogP contribution >= 0.6 is 0 Å². The molecule has 0 unspecified atom stereocenters. The third-order valence-electron chi connectivity index (χ3n) is 5.59. The number of fused-ring (bicyclic) bond motifs is 1. The Kier molecular flexibility index (Phi) is 5.01. The van der Waals surface area contributed by atoms with Gasteiger partial charge in [-0.1, -0.05) is 29.8 Å². The number of ether oxygens (including phenoxy) is 2. The molecule has 1 aliphatic heterocycles. The zero-order valence-electron chi connectivity index (χ0n) is 16.2. The number of amides is 1. The van der Waals surface area contributed by atoms with Crippen molar-refractivity contribution < 1.29 is 14.3 Å². The first kappa shape index (κ1) is 18.4. The molecule has 3 aromatic rings. The highest BCUT2D eigenvalue weighted by Gasteiger charge is 2.41. The largest absolute Gasteiger partial charge is 0.494 e. The highest BCUT2D eigenvalue weighted by Crippen LogP contribution is 2.37. The van der Waals surface area contributed by atoms with Gasteiger partial charge in [-0.15, -0.1) is 0 Å². The molecule has 1 amide bonds. The Balaban J connectivity index is 1.73. The van der Waals surface area contributed by atoms with Gasteiger partial charge in [0.05, 0.1) is 18.2 Å². The summed E-state index contributed by atoms with van der Waals surface area (Å²) in [6, 6.07) is 15.8. The highest BCUT2D eigenvalue weighted by molar-refractivity contribution is 6.06. The standard InChI is InChI=1S/C23H24N2O3/c1-16-5-7-17(8-6-16)23(11-14-28-15-12-23)22(26)25-19-9-10-20(27-2)21-18(19)4-3-13-24-21/h3-10,13H,11-12,14-15H2,1-2H3,(H,25,26). The van der Waals surface area contributed by atoms with Crippen molar-refractivity contribution in [3.05, 3.63) is 65.9 Å². The minimum atomic E-state index is -0.597. The van der Waals surface area contributed by atoms with Crippen LogP contribution < -0.4 is 10.1 Å². The molecule has 0 aliphatic carbocycles. The van der Waals surface area contributed by atoms with E-state index in [1.807, 2.05) is 24.3 Å². The minimum absolute atomic E-state index is 0.00465. The van der Waals surface area contributed by atoms with E-state index in [-0.39, 0.29) is 5.91 Å².